The maximum Gasteiger partial charge on any atom is 0.149 e. The Morgan fingerprint density at radius 2 is 1.45 bits per heavy atom. The molecule has 0 atom stereocenters. The third-order valence-electron chi connectivity index (χ3n) is 1.000. The van der Waals surface area contributed by atoms with Crippen LogP contribution in [0.3, 0.4) is 0 Å². The van der Waals surface area contributed by atoms with Gasteiger partial charge in [-0.2, -0.15) is 0 Å². The molecule has 1 rings (SSSR count). The summed E-state index contributed by atoms with van der Waals surface area (Å²) in [6.45, 7) is 6.00. The lowest BCUT2D eigenvalue weighted by Gasteiger charge is -1.94. The van der Waals surface area contributed by atoms with E-state index in [1.807, 2.05) is 0 Å². The van der Waals surface area contributed by atoms with Crippen molar-refractivity contribution in [2.45, 2.75) is 0 Å². The van der Waals surface area contributed by atoms with Gasteiger partial charge in [0.2, 0.25) is 0 Å². The predicted molar refractivity (Wildman–Crippen MR) is 42.0 cm³/mol. The predicted octanol–water partition coefficient (Wildman–Crippen LogP) is 2.35. The fourth-order valence-electron chi connectivity index (χ4n) is 0.511. The van der Waals surface area contributed by atoms with Gasteiger partial charge in [-0.3, -0.25) is 0 Å². The maximum absolute atomic E-state index is 12.2. The van der Waals surface area contributed by atoms with Crippen molar-refractivity contribution in [2.24, 2.45) is 0 Å². The topological polar surface area (TPSA) is 26.0 Å². The molecule has 0 saturated heterocycles. The molecule has 0 amide bonds. The summed E-state index contributed by atoms with van der Waals surface area (Å²) in [4.78, 5) is 0. The first kappa shape index (κ1) is 9.62. The lowest BCUT2D eigenvalue weighted by atomic mass is 10.3. The zero-order valence-electron chi connectivity index (χ0n) is 5.98. The second kappa shape index (κ2) is 4.44. The normalized spacial score (nSPS) is 8.18. The summed E-state index contributed by atoms with van der Waals surface area (Å²) in [5, 5.41) is 0. The highest BCUT2D eigenvalue weighted by molar-refractivity contribution is 5.40. The zero-order chi connectivity index (χ0) is 8.85. The van der Waals surface area contributed by atoms with E-state index in [4.69, 9.17) is 5.73 Å². The van der Waals surface area contributed by atoms with E-state index in [9.17, 15) is 8.78 Å². The molecule has 1 nitrogen and oxygen atoms in total. The molecule has 0 aliphatic heterocycles. The van der Waals surface area contributed by atoms with Crippen LogP contribution in [0.4, 0.5) is 14.5 Å². The first-order valence-electron chi connectivity index (χ1n) is 2.91. The number of hydrogen-bond acceptors (Lipinski definition) is 1. The smallest absolute Gasteiger partial charge is 0.149 e. The van der Waals surface area contributed by atoms with E-state index in [1.165, 1.54) is 6.07 Å². The molecule has 0 heterocycles. The number of benzene rings is 1. The largest absolute Gasteiger partial charge is 0.394 e. The van der Waals surface area contributed by atoms with Crippen molar-refractivity contribution in [1.29, 1.82) is 0 Å². The Bertz CT molecular complexity index is 215. The van der Waals surface area contributed by atoms with Gasteiger partial charge in [0.05, 0.1) is 0 Å². The molecule has 0 fully saturated rings. The molecule has 0 bridgehead atoms. The van der Waals surface area contributed by atoms with E-state index in [-0.39, 0.29) is 0 Å². The van der Waals surface area contributed by atoms with Gasteiger partial charge in [-0.1, -0.05) is 6.07 Å². The minimum Gasteiger partial charge on any atom is -0.394 e. The van der Waals surface area contributed by atoms with Crippen LogP contribution in [0.25, 0.3) is 0 Å². The second-order valence-corrected chi connectivity index (χ2v) is 1.64. The quantitative estimate of drug-likeness (QED) is 0.454. The monoisotopic (exact) mass is 157 g/mol. The van der Waals surface area contributed by atoms with E-state index in [1.54, 1.807) is 0 Å². The number of rotatable bonds is 0. The molecular weight excluding hydrogens is 148 g/mol. The third-order valence-corrected chi connectivity index (χ3v) is 1.000. The van der Waals surface area contributed by atoms with Crippen LogP contribution in [0.1, 0.15) is 0 Å². The lowest BCUT2D eigenvalue weighted by molar-refractivity contribution is 0.592. The second-order valence-electron chi connectivity index (χ2n) is 1.64. The van der Waals surface area contributed by atoms with Crippen molar-refractivity contribution in [3.8, 4) is 0 Å². The van der Waals surface area contributed by atoms with Gasteiger partial charge in [0.15, 0.2) is 0 Å². The highest BCUT2D eigenvalue weighted by atomic mass is 19.1. The van der Waals surface area contributed by atoms with Gasteiger partial charge in [-0.05, 0) is 12.1 Å². The summed E-state index contributed by atoms with van der Waals surface area (Å²) in [5.74, 6) is -1.43. The summed E-state index contributed by atoms with van der Waals surface area (Å²) in [5.41, 5.74) is 4.51. The Balaban J connectivity index is 0.000000461. The molecule has 60 valence electrons. The molecule has 3 heteroatoms. The Kier molecular flexibility index (Phi) is 3.88. The van der Waals surface area contributed by atoms with E-state index in [0.29, 0.717) is 0 Å². The summed E-state index contributed by atoms with van der Waals surface area (Å²) < 4.78 is 24.4. The molecule has 0 radical (unpaired) electrons. The fraction of sp³-hybridized carbons (Fsp3) is 0. The van der Waals surface area contributed by atoms with Crippen LogP contribution in [0.15, 0.2) is 31.4 Å². The molecule has 0 saturated carbocycles. The van der Waals surface area contributed by atoms with Crippen LogP contribution in [0.5, 0.6) is 0 Å². The number of hydrogen-bond donors (Lipinski definition) is 1. The first-order valence-corrected chi connectivity index (χ1v) is 2.91. The van der Waals surface area contributed by atoms with Crippen LogP contribution in [-0.2, 0) is 0 Å². The molecule has 0 aliphatic rings. The van der Waals surface area contributed by atoms with Gasteiger partial charge in [-0.15, -0.1) is 13.2 Å². The highest BCUT2D eigenvalue weighted by Crippen LogP contribution is 2.12. The van der Waals surface area contributed by atoms with Gasteiger partial charge in [0, 0.05) is 0 Å². The Morgan fingerprint density at radius 3 is 1.73 bits per heavy atom. The van der Waals surface area contributed by atoms with Crippen LogP contribution in [0, 0.1) is 11.6 Å². The number of anilines is 1. The average molecular weight is 157 g/mol. The first-order chi connectivity index (χ1) is 5.22. The van der Waals surface area contributed by atoms with E-state index in [2.05, 4.69) is 13.2 Å². The third kappa shape index (κ3) is 2.37. The molecule has 0 unspecified atom stereocenters. The van der Waals surface area contributed by atoms with Gasteiger partial charge in [0.25, 0.3) is 0 Å². The number of halogens is 2. The van der Waals surface area contributed by atoms with Crippen LogP contribution >= 0.6 is 0 Å². The van der Waals surface area contributed by atoms with Gasteiger partial charge < -0.3 is 5.73 Å². The summed E-state index contributed by atoms with van der Waals surface area (Å²) in [7, 11) is 0. The van der Waals surface area contributed by atoms with E-state index < -0.39 is 17.3 Å². The van der Waals surface area contributed by atoms with Crippen molar-refractivity contribution in [3.63, 3.8) is 0 Å². The molecule has 0 spiro atoms. The Labute approximate surface area is 64.1 Å². The molecular formula is C8H9F2N. The number of nitrogens with two attached hydrogens (primary N) is 1. The molecule has 1 aromatic carbocycles. The average Bonchev–Trinajstić information content (AvgIpc) is 2.04. The van der Waals surface area contributed by atoms with Crippen molar-refractivity contribution in [1.82, 2.24) is 0 Å². The summed E-state index contributed by atoms with van der Waals surface area (Å²) in [6, 6.07) is 3.48. The standard InChI is InChI=1S/C6H5F2N.C2H4/c7-4-2-1-3-5(8)6(4)9;1-2/h1-3H,9H2;1-2H2. The molecule has 1 aromatic rings. The number of nitrogen functional groups attached to an aromatic ring is 1. The number of para-hydroxylation sites is 1. The van der Waals surface area contributed by atoms with E-state index in [0.717, 1.165) is 12.1 Å². The summed E-state index contributed by atoms with van der Waals surface area (Å²) >= 11 is 0. The summed E-state index contributed by atoms with van der Waals surface area (Å²) in [6.07, 6.45) is 0. The highest BCUT2D eigenvalue weighted by Gasteiger charge is 2.00. The maximum atomic E-state index is 12.2. The van der Waals surface area contributed by atoms with Gasteiger partial charge >= 0.3 is 0 Å². The Hall–Kier alpha value is -1.38. The van der Waals surface area contributed by atoms with Crippen LogP contribution in [-0.4, -0.2) is 0 Å². The van der Waals surface area contributed by atoms with Crippen molar-refractivity contribution in [3.05, 3.63) is 43.0 Å². The molecule has 11 heavy (non-hydrogen) atoms. The SMILES string of the molecule is C=C.Nc1c(F)cccc1F. The molecule has 2 N–H and O–H groups in total. The molecule has 0 aromatic heterocycles. The van der Waals surface area contributed by atoms with Crippen molar-refractivity contribution < 1.29 is 8.78 Å². The minimum absolute atomic E-state index is 0.419. The van der Waals surface area contributed by atoms with Crippen molar-refractivity contribution in [2.75, 3.05) is 5.73 Å². The van der Waals surface area contributed by atoms with Crippen LogP contribution in [0.2, 0.25) is 0 Å². The lowest BCUT2D eigenvalue weighted by Crippen LogP contribution is -1.93. The molecule has 0 aliphatic carbocycles. The Morgan fingerprint density at radius 1 is 1.09 bits per heavy atom. The fourth-order valence-corrected chi connectivity index (χ4v) is 0.511. The van der Waals surface area contributed by atoms with Gasteiger partial charge in [0.1, 0.15) is 17.3 Å². The van der Waals surface area contributed by atoms with Crippen LogP contribution < -0.4 is 5.73 Å². The van der Waals surface area contributed by atoms with Gasteiger partial charge in [-0.25, -0.2) is 8.78 Å². The van der Waals surface area contributed by atoms with E-state index >= 15 is 0 Å². The minimum atomic E-state index is -0.713. The zero-order valence-corrected chi connectivity index (χ0v) is 5.98. The van der Waals surface area contributed by atoms with Crippen molar-refractivity contribution >= 4 is 5.69 Å².